The van der Waals surface area contributed by atoms with E-state index in [1.807, 2.05) is 6.92 Å². The minimum Gasteiger partial charge on any atom is -0.464 e. The fraction of sp³-hybridized carbons (Fsp3) is 0.263. The standard InChI is InChI=1S/C19H17F3N4O3/c1-2-13-9-25-18(26-16(13)27)28-8-7-12-3-5-14(6-4-12)29-15-10-23-17(24-11-15)19(20,21)22/h3-6,9-11H,2,7-8H2,1H3,(H,25,26,27). The molecule has 1 aromatic carbocycles. The second kappa shape index (κ2) is 8.72. The molecule has 29 heavy (non-hydrogen) atoms. The van der Waals surface area contributed by atoms with Crippen LogP contribution in [-0.4, -0.2) is 26.5 Å². The average molecular weight is 406 g/mol. The van der Waals surface area contributed by atoms with Crippen LogP contribution >= 0.6 is 0 Å². The number of hydrogen-bond acceptors (Lipinski definition) is 6. The van der Waals surface area contributed by atoms with Crippen LogP contribution in [0.2, 0.25) is 0 Å². The lowest BCUT2D eigenvalue weighted by atomic mass is 10.1. The fourth-order valence-electron chi connectivity index (χ4n) is 2.37. The van der Waals surface area contributed by atoms with E-state index in [1.54, 1.807) is 24.3 Å². The first kappa shape index (κ1) is 20.3. The molecule has 2 aromatic heterocycles. The molecule has 0 radical (unpaired) electrons. The molecular formula is C19H17F3N4O3. The minimum absolute atomic E-state index is 0.0969. The number of nitrogens with zero attached hydrogens (tertiary/aromatic N) is 3. The molecule has 3 rings (SSSR count). The van der Waals surface area contributed by atoms with Crippen LogP contribution in [0.5, 0.6) is 17.5 Å². The Balaban J connectivity index is 1.52. The smallest absolute Gasteiger partial charge is 0.451 e. The Hall–Kier alpha value is -3.43. The molecule has 0 saturated heterocycles. The van der Waals surface area contributed by atoms with Crippen LogP contribution in [0.3, 0.4) is 0 Å². The second-order valence-corrected chi connectivity index (χ2v) is 5.98. The largest absolute Gasteiger partial charge is 0.464 e. The van der Waals surface area contributed by atoms with E-state index in [9.17, 15) is 18.0 Å². The van der Waals surface area contributed by atoms with Gasteiger partial charge in [0, 0.05) is 18.2 Å². The monoisotopic (exact) mass is 406 g/mol. The molecule has 0 bridgehead atoms. The highest BCUT2D eigenvalue weighted by Gasteiger charge is 2.34. The number of ether oxygens (including phenoxy) is 2. The number of aryl methyl sites for hydroxylation is 1. The number of rotatable bonds is 7. The van der Waals surface area contributed by atoms with E-state index in [-0.39, 0.29) is 17.3 Å². The summed E-state index contributed by atoms with van der Waals surface area (Å²) in [4.78, 5) is 24.8. The van der Waals surface area contributed by atoms with Gasteiger partial charge in [-0.25, -0.2) is 15.0 Å². The van der Waals surface area contributed by atoms with Crippen molar-refractivity contribution in [1.82, 2.24) is 19.9 Å². The summed E-state index contributed by atoms with van der Waals surface area (Å²) in [6.07, 6.45) is -0.0169. The van der Waals surface area contributed by atoms with Crippen molar-refractivity contribution in [3.63, 3.8) is 0 Å². The van der Waals surface area contributed by atoms with E-state index in [1.165, 1.54) is 6.20 Å². The summed E-state index contributed by atoms with van der Waals surface area (Å²) in [6, 6.07) is 7.08. The van der Waals surface area contributed by atoms with Gasteiger partial charge in [0.15, 0.2) is 5.75 Å². The zero-order chi connectivity index (χ0) is 20.9. The number of halogens is 3. The van der Waals surface area contributed by atoms with Crippen molar-refractivity contribution in [3.8, 4) is 17.5 Å². The van der Waals surface area contributed by atoms with Crippen LogP contribution < -0.4 is 15.0 Å². The lowest BCUT2D eigenvalue weighted by molar-refractivity contribution is -0.145. The number of H-pyrrole nitrogens is 1. The van der Waals surface area contributed by atoms with Crippen LogP contribution in [-0.2, 0) is 19.0 Å². The van der Waals surface area contributed by atoms with Gasteiger partial charge in [0.05, 0.1) is 19.0 Å². The Labute approximate surface area is 163 Å². The van der Waals surface area contributed by atoms with Crippen LogP contribution in [0, 0.1) is 0 Å². The number of alkyl halides is 3. The van der Waals surface area contributed by atoms with Gasteiger partial charge in [0.1, 0.15) is 5.75 Å². The third kappa shape index (κ3) is 5.53. The van der Waals surface area contributed by atoms with Crippen molar-refractivity contribution < 1.29 is 22.6 Å². The molecule has 0 aliphatic rings. The highest BCUT2D eigenvalue weighted by atomic mass is 19.4. The normalized spacial score (nSPS) is 11.3. The molecule has 0 fully saturated rings. The second-order valence-electron chi connectivity index (χ2n) is 5.98. The predicted octanol–water partition coefficient (Wildman–Crippen LogP) is 3.55. The van der Waals surface area contributed by atoms with Gasteiger partial charge >= 0.3 is 6.18 Å². The lowest BCUT2D eigenvalue weighted by Gasteiger charge is -2.08. The summed E-state index contributed by atoms with van der Waals surface area (Å²) >= 11 is 0. The van der Waals surface area contributed by atoms with Crippen LogP contribution in [0.25, 0.3) is 0 Å². The molecule has 7 nitrogen and oxygen atoms in total. The van der Waals surface area contributed by atoms with Gasteiger partial charge in [0.2, 0.25) is 5.82 Å². The van der Waals surface area contributed by atoms with Gasteiger partial charge in [-0.05, 0) is 24.1 Å². The maximum atomic E-state index is 12.5. The molecular weight excluding hydrogens is 389 g/mol. The molecule has 0 aliphatic carbocycles. The molecule has 152 valence electrons. The van der Waals surface area contributed by atoms with Crippen LogP contribution in [0.1, 0.15) is 23.9 Å². The zero-order valence-electron chi connectivity index (χ0n) is 15.4. The lowest BCUT2D eigenvalue weighted by Crippen LogP contribution is -2.15. The maximum absolute atomic E-state index is 12.5. The molecule has 10 heteroatoms. The molecule has 0 spiro atoms. The van der Waals surface area contributed by atoms with E-state index in [0.717, 1.165) is 18.0 Å². The first-order valence-corrected chi connectivity index (χ1v) is 8.72. The molecule has 0 unspecified atom stereocenters. The third-order valence-electron chi connectivity index (χ3n) is 3.90. The van der Waals surface area contributed by atoms with Crippen molar-refractivity contribution in [3.05, 3.63) is 70.2 Å². The zero-order valence-corrected chi connectivity index (χ0v) is 15.4. The van der Waals surface area contributed by atoms with E-state index in [2.05, 4.69) is 19.9 Å². The minimum atomic E-state index is -4.59. The number of nitrogens with one attached hydrogen (secondary N) is 1. The maximum Gasteiger partial charge on any atom is 0.451 e. The van der Waals surface area contributed by atoms with Gasteiger partial charge in [-0.1, -0.05) is 19.1 Å². The number of benzene rings is 1. The number of aromatic amines is 1. The van der Waals surface area contributed by atoms with Crippen molar-refractivity contribution >= 4 is 0 Å². The van der Waals surface area contributed by atoms with Crippen molar-refractivity contribution in [2.75, 3.05) is 6.61 Å². The SMILES string of the molecule is CCc1cnc(OCCc2ccc(Oc3cnc(C(F)(F)F)nc3)cc2)[nH]c1=O. The third-order valence-corrected chi connectivity index (χ3v) is 3.90. The Bertz CT molecular complexity index is 1000. The Morgan fingerprint density at radius 2 is 1.69 bits per heavy atom. The van der Waals surface area contributed by atoms with Crippen molar-refractivity contribution in [2.45, 2.75) is 25.9 Å². The van der Waals surface area contributed by atoms with E-state index >= 15 is 0 Å². The van der Waals surface area contributed by atoms with E-state index in [0.29, 0.717) is 30.8 Å². The highest BCUT2D eigenvalue weighted by Crippen LogP contribution is 2.27. The van der Waals surface area contributed by atoms with Gasteiger partial charge in [0.25, 0.3) is 11.6 Å². The first-order chi connectivity index (χ1) is 13.8. The van der Waals surface area contributed by atoms with Crippen molar-refractivity contribution in [1.29, 1.82) is 0 Å². The first-order valence-electron chi connectivity index (χ1n) is 8.72. The van der Waals surface area contributed by atoms with Gasteiger partial charge < -0.3 is 9.47 Å². The Morgan fingerprint density at radius 3 is 2.28 bits per heavy atom. The number of aromatic nitrogens is 4. The van der Waals surface area contributed by atoms with E-state index < -0.39 is 12.0 Å². The Kier molecular flexibility index (Phi) is 6.10. The average Bonchev–Trinajstić information content (AvgIpc) is 2.69. The predicted molar refractivity (Wildman–Crippen MR) is 97.0 cm³/mol. The molecule has 0 saturated carbocycles. The van der Waals surface area contributed by atoms with E-state index in [4.69, 9.17) is 9.47 Å². The van der Waals surface area contributed by atoms with Gasteiger partial charge in [-0.2, -0.15) is 13.2 Å². The molecule has 0 atom stereocenters. The molecule has 0 amide bonds. The van der Waals surface area contributed by atoms with Gasteiger partial charge in [-0.3, -0.25) is 9.78 Å². The highest BCUT2D eigenvalue weighted by molar-refractivity contribution is 5.31. The quantitative estimate of drug-likeness (QED) is 0.645. The number of hydrogen-bond donors (Lipinski definition) is 1. The summed E-state index contributed by atoms with van der Waals surface area (Å²) in [7, 11) is 0. The van der Waals surface area contributed by atoms with Crippen molar-refractivity contribution in [2.24, 2.45) is 0 Å². The van der Waals surface area contributed by atoms with Gasteiger partial charge in [-0.15, -0.1) is 0 Å². The summed E-state index contributed by atoms with van der Waals surface area (Å²) in [6.45, 7) is 2.17. The molecule has 0 aliphatic heterocycles. The topological polar surface area (TPSA) is 90.0 Å². The molecule has 3 aromatic rings. The summed E-state index contributed by atoms with van der Waals surface area (Å²) in [5.41, 5.74) is 1.31. The Morgan fingerprint density at radius 1 is 1.00 bits per heavy atom. The van der Waals surface area contributed by atoms with Crippen LogP contribution in [0.4, 0.5) is 13.2 Å². The molecule has 2 heterocycles. The summed E-state index contributed by atoms with van der Waals surface area (Å²) in [5.74, 6) is -0.695. The summed E-state index contributed by atoms with van der Waals surface area (Å²) < 4.78 is 48.3. The molecule has 1 N–H and O–H groups in total. The fourth-order valence-corrected chi connectivity index (χ4v) is 2.37. The van der Waals surface area contributed by atoms with Crippen LogP contribution in [0.15, 0.2) is 47.7 Å². The summed E-state index contributed by atoms with van der Waals surface area (Å²) in [5, 5.41) is 0.